The molecular formula is C18H14F2IN3O4. The average molecular weight is 501 g/mol. The third-order valence-corrected chi connectivity index (χ3v) is 5.16. The first-order valence-electron chi connectivity index (χ1n) is 8.28. The molecule has 0 aliphatic carbocycles. The van der Waals surface area contributed by atoms with E-state index in [2.05, 4.69) is 10.3 Å². The second-order valence-electron chi connectivity index (χ2n) is 6.40. The standard InChI is InChI=1S/C18H14F2IN3O4/c19-10-3-8(21)1-2-12(10)23-15-9-4-22-5-11(20)16(9)28-17(15)18(27)24-6-13(25)14(26)7-24/h1-5,13-14,23,25-26H,6-7H2/t13-,14-/m0/s1. The molecule has 3 aromatic rings. The van der Waals surface area contributed by atoms with E-state index in [-0.39, 0.29) is 41.2 Å². The van der Waals surface area contributed by atoms with Crippen LogP contribution in [0.15, 0.2) is 35.0 Å². The Bertz CT molecular complexity index is 1060. The Balaban J connectivity index is 1.80. The number of aliphatic hydroxyl groups excluding tert-OH is 2. The number of amides is 1. The zero-order valence-corrected chi connectivity index (χ0v) is 16.4. The number of likely N-dealkylation sites (tertiary alicyclic amines) is 1. The Morgan fingerprint density at radius 1 is 1.21 bits per heavy atom. The first kappa shape index (κ1) is 19.0. The maximum absolute atomic E-state index is 14.3. The molecule has 2 atom stereocenters. The van der Waals surface area contributed by atoms with Crippen LogP contribution in [0.5, 0.6) is 0 Å². The number of carbonyl (C=O) groups excluding carboxylic acids is 1. The molecule has 1 fully saturated rings. The van der Waals surface area contributed by atoms with Gasteiger partial charge in [-0.05, 0) is 40.8 Å². The van der Waals surface area contributed by atoms with E-state index in [0.29, 0.717) is 3.57 Å². The third-order valence-electron chi connectivity index (χ3n) is 4.48. The molecule has 146 valence electrons. The minimum atomic E-state index is -1.09. The lowest BCUT2D eigenvalue weighted by atomic mass is 10.2. The maximum Gasteiger partial charge on any atom is 0.292 e. The molecule has 0 spiro atoms. The van der Waals surface area contributed by atoms with Crippen molar-refractivity contribution in [3.63, 3.8) is 0 Å². The molecule has 2 aromatic heterocycles. The lowest BCUT2D eigenvalue weighted by molar-refractivity contribution is 0.0572. The highest BCUT2D eigenvalue weighted by Crippen LogP contribution is 2.36. The van der Waals surface area contributed by atoms with Gasteiger partial charge < -0.3 is 24.8 Å². The van der Waals surface area contributed by atoms with Crippen molar-refractivity contribution in [2.75, 3.05) is 18.4 Å². The summed E-state index contributed by atoms with van der Waals surface area (Å²) in [5, 5.41) is 22.4. The van der Waals surface area contributed by atoms with Crippen LogP contribution < -0.4 is 5.32 Å². The van der Waals surface area contributed by atoms with Crippen molar-refractivity contribution in [2.45, 2.75) is 12.2 Å². The molecule has 0 unspecified atom stereocenters. The molecule has 0 radical (unpaired) electrons. The summed E-state index contributed by atoms with van der Waals surface area (Å²) in [6.45, 7) is -0.204. The summed E-state index contributed by atoms with van der Waals surface area (Å²) in [7, 11) is 0. The molecule has 28 heavy (non-hydrogen) atoms. The number of hydrogen-bond donors (Lipinski definition) is 3. The molecule has 1 amide bonds. The summed E-state index contributed by atoms with van der Waals surface area (Å²) >= 11 is 1.96. The summed E-state index contributed by atoms with van der Waals surface area (Å²) < 4.78 is 34.6. The smallest absolute Gasteiger partial charge is 0.292 e. The van der Waals surface area contributed by atoms with E-state index in [0.717, 1.165) is 6.20 Å². The van der Waals surface area contributed by atoms with Crippen LogP contribution in [-0.4, -0.2) is 51.3 Å². The van der Waals surface area contributed by atoms with Crippen LogP contribution >= 0.6 is 22.6 Å². The van der Waals surface area contributed by atoms with Gasteiger partial charge in [-0.2, -0.15) is 0 Å². The second-order valence-corrected chi connectivity index (χ2v) is 7.64. The number of β-amino-alcohol motifs (C(OH)–C–C–N with tert-alkyl or cyclic N) is 2. The number of carbonyl (C=O) groups is 1. The fraction of sp³-hybridized carbons (Fsp3) is 0.222. The van der Waals surface area contributed by atoms with Crippen molar-refractivity contribution in [1.82, 2.24) is 9.88 Å². The lowest BCUT2D eigenvalue weighted by Gasteiger charge is -2.15. The highest BCUT2D eigenvalue weighted by atomic mass is 127. The number of nitrogens with one attached hydrogen (secondary N) is 1. The summed E-state index contributed by atoms with van der Waals surface area (Å²) in [5.74, 6) is -2.26. The van der Waals surface area contributed by atoms with Crippen LogP contribution in [-0.2, 0) is 0 Å². The largest absolute Gasteiger partial charge is 0.445 e. The summed E-state index contributed by atoms with van der Waals surface area (Å²) in [6.07, 6.45) is 0.0754. The number of benzene rings is 1. The van der Waals surface area contributed by atoms with E-state index in [1.165, 1.54) is 23.2 Å². The van der Waals surface area contributed by atoms with Crippen molar-refractivity contribution in [3.8, 4) is 0 Å². The summed E-state index contributed by atoms with van der Waals surface area (Å²) in [5.41, 5.74) is -0.0713. The van der Waals surface area contributed by atoms with Crippen LogP contribution in [0.4, 0.5) is 20.2 Å². The number of aromatic nitrogens is 1. The van der Waals surface area contributed by atoms with Crippen LogP contribution in [0.2, 0.25) is 0 Å². The molecule has 0 bridgehead atoms. The maximum atomic E-state index is 14.3. The number of fused-ring (bicyclic) bond motifs is 1. The van der Waals surface area contributed by atoms with Gasteiger partial charge in [0.1, 0.15) is 11.5 Å². The van der Waals surface area contributed by atoms with Crippen LogP contribution in [0, 0.1) is 15.2 Å². The van der Waals surface area contributed by atoms with Gasteiger partial charge in [0.05, 0.1) is 29.5 Å². The number of furan rings is 1. The number of rotatable bonds is 3. The van der Waals surface area contributed by atoms with E-state index in [1.54, 1.807) is 6.07 Å². The fourth-order valence-electron chi connectivity index (χ4n) is 3.06. The molecule has 1 aliphatic rings. The van der Waals surface area contributed by atoms with E-state index in [9.17, 15) is 23.8 Å². The van der Waals surface area contributed by atoms with Gasteiger partial charge in [-0.1, -0.05) is 0 Å². The molecule has 7 nitrogen and oxygen atoms in total. The van der Waals surface area contributed by atoms with E-state index >= 15 is 0 Å². The van der Waals surface area contributed by atoms with Gasteiger partial charge in [0.25, 0.3) is 5.91 Å². The number of hydrogen-bond acceptors (Lipinski definition) is 6. The van der Waals surface area contributed by atoms with Gasteiger partial charge in [0, 0.05) is 22.9 Å². The SMILES string of the molecule is O=C(c1oc2c(F)cncc2c1Nc1ccc(I)cc1F)N1C[C@H](O)[C@@H](O)C1. The van der Waals surface area contributed by atoms with E-state index in [4.69, 9.17) is 4.42 Å². The predicted molar refractivity (Wildman–Crippen MR) is 104 cm³/mol. The van der Waals surface area contributed by atoms with Gasteiger partial charge in [-0.3, -0.25) is 9.78 Å². The number of aliphatic hydroxyl groups is 2. The van der Waals surface area contributed by atoms with Gasteiger partial charge in [0.2, 0.25) is 5.76 Å². The zero-order valence-electron chi connectivity index (χ0n) is 14.2. The molecule has 0 saturated carbocycles. The molecular weight excluding hydrogens is 487 g/mol. The number of anilines is 2. The molecule has 1 aromatic carbocycles. The van der Waals surface area contributed by atoms with Gasteiger partial charge in [-0.15, -0.1) is 0 Å². The van der Waals surface area contributed by atoms with Crippen molar-refractivity contribution in [2.24, 2.45) is 0 Å². The predicted octanol–water partition coefficient (Wildman–Crippen LogP) is 2.63. The normalized spacial score (nSPS) is 19.4. The van der Waals surface area contributed by atoms with Crippen molar-refractivity contribution in [3.05, 3.63) is 51.6 Å². The Kier molecular flexibility index (Phi) is 4.93. The monoisotopic (exact) mass is 501 g/mol. The van der Waals surface area contributed by atoms with Gasteiger partial charge in [-0.25, -0.2) is 8.78 Å². The molecule has 3 heterocycles. The molecule has 4 rings (SSSR count). The zero-order chi connectivity index (χ0) is 20.0. The minimum absolute atomic E-state index is 0.0583. The Morgan fingerprint density at radius 3 is 2.61 bits per heavy atom. The quantitative estimate of drug-likeness (QED) is 0.478. The summed E-state index contributed by atoms with van der Waals surface area (Å²) in [6, 6.07) is 4.46. The highest BCUT2D eigenvalue weighted by Gasteiger charge is 2.36. The van der Waals surface area contributed by atoms with Gasteiger partial charge >= 0.3 is 0 Å². The van der Waals surface area contributed by atoms with Gasteiger partial charge in [0.15, 0.2) is 11.4 Å². The van der Waals surface area contributed by atoms with E-state index < -0.39 is 29.7 Å². The first-order chi connectivity index (χ1) is 13.3. The summed E-state index contributed by atoms with van der Waals surface area (Å²) in [4.78, 5) is 17.9. The number of halogens is 3. The van der Waals surface area contributed by atoms with Crippen LogP contribution in [0.1, 0.15) is 10.6 Å². The van der Waals surface area contributed by atoms with Crippen LogP contribution in [0.3, 0.4) is 0 Å². The average Bonchev–Trinajstić information content (AvgIpc) is 3.18. The Labute approximate surface area is 171 Å². The second kappa shape index (κ2) is 7.26. The number of pyridine rings is 1. The number of nitrogens with zero attached hydrogens (tertiary/aromatic N) is 2. The Morgan fingerprint density at radius 2 is 1.93 bits per heavy atom. The van der Waals surface area contributed by atoms with E-state index in [1.807, 2.05) is 22.6 Å². The van der Waals surface area contributed by atoms with Crippen LogP contribution in [0.25, 0.3) is 11.0 Å². The molecule has 3 N–H and O–H groups in total. The first-order valence-corrected chi connectivity index (χ1v) is 9.36. The molecule has 1 saturated heterocycles. The van der Waals surface area contributed by atoms with Crippen molar-refractivity contribution >= 4 is 50.8 Å². The lowest BCUT2D eigenvalue weighted by Crippen LogP contribution is -2.30. The highest BCUT2D eigenvalue weighted by molar-refractivity contribution is 14.1. The van der Waals surface area contributed by atoms with Crippen molar-refractivity contribution < 1.29 is 28.2 Å². The molecule has 10 heteroatoms. The minimum Gasteiger partial charge on any atom is -0.445 e. The molecule has 1 aliphatic heterocycles. The topological polar surface area (TPSA) is 98.8 Å². The third kappa shape index (κ3) is 3.31. The fourth-order valence-corrected chi connectivity index (χ4v) is 3.51. The Hall–Kier alpha value is -2.31. The van der Waals surface area contributed by atoms with Crippen molar-refractivity contribution in [1.29, 1.82) is 0 Å².